The van der Waals surface area contributed by atoms with Gasteiger partial charge in [0.2, 0.25) is 5.91 Å². The van der Waals surface area contributed by atoms with Crippen LogP contribution in [0.25, 0.3) is 0 Å². The fraction of sp³-hybridized carbons (Fsp3) is 0.368. The first-order valence-electron chi connectivity index (χ1n) is 8.86. The van der Waals surface area contributed by atoms with Crippen LogP contribution in [0, 0.1) is 5.92 Å². The predicted molar refractivity (Wildman–Crippen MR) is 101 cm³/mol. The molecule has 28 heavy (non-hydrogen) atoms. The van der Waals surface area contributed by atoms with Gasteiger partial charge in [0.15, 0.2) is 0 Å². The van der Waals surface area contributed by atoms with E-state index >= 15 is 0 Å². The molecule has 1 unspecified atom stereocenters. The highest BCUT2D eigenvalue weighted by atomic mass is 32.1. The minimum Gasteiger partial charge on any atom is -0.333 e. The molecule has 1 aromatic heterocycles. The van der Waals surface area contributed by atoms with Crippen molar-refractivity contribution in [1.29, 1.82) is 0 Å². The zero-order valence-corrected chi connectivity index (χ0v) is 15.8. The smallest absolute Gasteiger partial charge is 0.333 e. The second-order valence-electron chi connectivity index (χ2n) is 6.59. The SMILES string of the molecule is O=C(Nc1ccc(C(F)(F)F)cc1)C1CCCN(C(=O)NCc2cccs2)C1. The number of amides is 3. The van der Waals surface area contributed by atoms with Gasteiger partial charge in [-0.3, -0.25) is 4.79 Å². The molecule has 1 aliphatic heterocycles. The number of halogens is 3. The van der Waals surface area contributed by atoms with Crippen LogP contribution in [-0.4, -0.2) is 29.9 Å². The third-order valence-electron chi connectivity index (χ3n) is 4.55. The van der Waals surface area contributed by atoms with E-state index in [1.54, 1.807) is 16.2 Å². The highest BCUT2D eigenvalue weighted by molar-refractivity contribution is 7.09. The summed E-state index contributed by atoms with van der Waals surface area (Å²) in [7, 11) is 0. The number of nitrogens with one attached hydrogen (secondary N) is 2. The summed E-state index contributed by atoms with van der Waals surface area (Å²) in [6.45, 7) is 1.29. The van der Waals surface area contributed by atoms with Crippen LogP contribution in [-0.2, 0) is 17.5 Å². The molecule has 1 aliphatic rings. The summed E-state index contributed by atoms with van der Waals surface area (Å²) < 4.78 is 37.8. The van der Waals surface area contributed by atoms with Crippen LogP contribution in [0.5, 0.6) is 0 Å². The predicted octanol–water partition coefficient (Wildman–Crippen LogP) is 4.33. The van der Waals surface area contributed by atoms with Crippen LogP contribution in [0.2, 0.25) is 0 Å². The molecule has 0 radical (unpaired) electrons. The van der Waals surface area contributed by atoms with E-state index in [9.17, 15) is 22.8 Å². The van der Waals surface area contributed by atoms with Crippen LogP contribution < -0.4 is 10.6 Å². The number of carbonyl (C=O) groups excluding carboxylic acids is 2. The van der Waals surface area contributed by atoms with E-state index in [2.05, 4.69) is 10.6 Å². The summed E-state index contributed by atoms with van der Waals surface area (Å²) in [5.41, 5.74) is -0.464. The molecule has 1 aromatic carbocycles. The normalized spacial score (nSPS) is 17.2. The number of carbonyl (C=O) groups is 2. The van der Waals surface area contributed by atoms with Gasteiger partial charge in [-0.15, -0.1) is 11.3 Å². The van der Waals surface area contributed by atoms with Gasteiger partial charge in [0, 0.05) is 23.7 Å². The average Bonchev–Trinajstić information content (AvgIpc) is 3.19. The summed E-state index contributed by atoms with van der Waals surface area (Å²) in [4.78, 5) is 27.5. The molecule has 0 bridgehead atoms. The number of urea groups is 1. The molecule has 1 fully saturated rings. The maximum atomic E-state index is 12.6. The molecule has 0 saturated carbocycles. The summed E-state index contributed by atoms with van der Waals surface area (Å²) >= 11 is 1.55. The van der Waals surface area contributed by atoms with E-state index in [0.717, 1.165) is 17.0 Å². The van der Waals surface area contributed by atoms with Crippen molar-refractivity contribution < 1.29 is 22.8 Å². The van der Waals surface area contributed by atoms with E-state index in [1.165, 1.54) is 12.1 Å². The highest BCUT2D eigenvalue weighted by Gasteiger charge is 2.31. The molecule has 0 aliphatic carbocycles. The van der Waals surface area contributed by atoms with Gasteiger partial charge < -0.3 is 15.5 Å². The zero-order valence-electron chi connectivity index (χ0n) is 15.0. The topological polar surface area (TPSA) is 61.4 Å². The molecule has 0 spiro atoms. The molecule has 1 atom stereocenters. The first kappa shape index (κ1) is 20.2. The number of hydrogen-bond donors (Lipinski definition) is 2. The summed E-state index contributed by atoms with van der Waals surface area (Å²) in [6, 6.07) is 7.95. The second kappa shape index (κ2) is 8.64. The summed E-state index contributed by atoms with van der Waals surface area (Å²) in [5.74, 6) is -0.695. The molecule has 2 aromatic rings. The molecule has 5 nitrogen and oxygen atoms in total. The van der Waals surface area contributed by atoms with Gasteiger partial charge in [0.05, 0.1) is 18.0 Å². The van der Waals surface area contributed by atoms with Crippen molar-refractivity contribution in [2.75, 3.05) is 18.4 Å². The fourth-order valence-corrected chi connectivity index (χ4v) is 3.69. The Morgan fingerprint density at radius 1 is 1.18 bits per heavy atom. The maximum absolute atomic E-state index is 12.6. The van der Waals surface area contributed by atoms with Crippen molar-refractivity contribution in [2.24, 2.45) is 5.92 Å². The quantitative estimate of drug-likeness (QED) is 0.787. The van der Waals surface area contributed by atoms with Crippen LogP contribution in [0.1, 0.15) is 23.3 Å². The average molecular weight is 411 g/mol. The third-order valence-corrected chi connectivity index (χ3v) is 5.43. The summed E-state index contributed by atoms with van der Waals surface area (Å²) in [6.07, 6.45) is -3.10. The lowest BCUT2D eigenvalue weighted by molar-refractivity contribution is -0.137. The van der Waals surface area contributed by atoms with E-state index < -0.39 is 17.7 Å². The van der Waals surface area contributed by atoms with Crippen molar-refractivity contribution in [3.8, 4) is 0 Å². The molecule has 2 N–H and O–H groups in total. The number of likely N-dealkylation sites (tertiary alicyclic amines) is 1. The Morgan fingerprint density at radius 3 is 2.57 bits per heavy atom. The second-order valence-corrected chi connectivity index (χ2v) is 7.62. The Kier molecular flexibility index (Phi) is 6.23. The van der Waals surface area contributed by atoms with Crippen LogP contribution >= 0.6 is 11.3 Å². The van der Waals surface area contributed by atoms with Crippen molar-refractivity contribution in [1.82, 2.24) is 10.2 Å². The van der Waals surface area contributed by atoms with Gasteiger partial charge in [-0.05, 0) is 48.6 Å². The van der Waals surface area contributed by atoms with Gasteiger partial charge >= 0.3 is 12.2 Å². The van der Waals surface area contributed by atoms with Crippen LogP contribution in [0.4, 0.5) is 23.7 Å². The lowest BCUT2D eigenvalue weighted by Crippen LogP contribution is -2.47. The minimum atomic E-state index is -4.41. The number of piperidine rings is 1. The number of benzene rings is 1. The molecule has 2 heterocycles. The van der Waals surface area contributed by atoms with Gasteiger partial charge in [0.25, 0.3) is 0 Å². The number of nitrogens with zero attached hydrogens (tertiary/aromatic N) is 1. The Balaban J connectivity index is 1.53. The van der Waals surface area contributed by atoms with Crippen molar-refractivity contribution in [3.63, 3.8) is 0 Å². The third kappa shape index (κ3) is 5.25. The number of alkyl halides is 3. The number of thiophene rings is 1. The lowest BCUT2D eigenvalue weighted by Gasteiger charge is -2.32. The first-order valence-corrected chi connectivity index (χ1v) is 9.74. The summed E-state index contributed by atoms with van der Waals surface area (Å²) in [5, 5.41) is 7.42. The molecule has 3 rings (SSSR count). The molecular formula is C19H20F3N3O2S. The van der Waals surface area contributed by atoms with Crippen molar-refractivity contribution >= 4 is 29.0 Å². The standard InChI is InChI=1S/C19H20F3N3O2S/c20-19(21,22)14-5-7-15(8-6-14)24-17(26)13-3-1-9-25(12-13)18(27)23-11-16-4-2-10-28-16/h2,4-8,10,13H,1,3,9,11-12H2,(H,23,27)(H,24,26). The Morgan fingerprint density at radius 2 is 1.93 bits per heavy atom. The van der Waals surface area contributed by atoms with Crippen LogP contribution in [0.15, 0.2) is 41.8 Å². The van der Waals surface area contributed by atoms with E-state index in [-0.39, 0.29) is 18.5 Å². The largest absolute Gasteiger partial charge is 0.416 e. The zero-order chi connectivity index (χ0) is 20.1. The molecule has 3 amide bonds. The lowest BCUT2D eigenvalue weighted by atomic mass is 9.97. The Labute approximate surface area is 164 Å². The Bertz CT molecular complexity index is 807. The molecular weight excluding hydrogens is 391 g/mol. The fourth-order valence-electron chi connectivity index (χ4n) is 3.05. The Hall–Kier alpha value is -2.55. The number of hydrogen-bond acceptors (Lipinski definition) is 3. The molecule has 150 valence electrons. The van der Waals surface area contributed by atoms with E-state index in [1.807, 2.05) is 17.5 Å². The van der Waals surface area contributed by atoms with Crippen molar-refractivity contribution in [2.45, 2.75) is 25.6 Å². The van der Waals surface area contributed by atoms with Gasteiger partial charge in [-0.1, -0.05) is 6.07 Å². The maximum Gasteiger partial charge on any atom is 0.416 e. The van der Waals surface area contributed by atoms with E-state index in [0.29, 0.717) is 31.6 Å². The number of anilines is 1. The molecule has 1 saturated heterocycles. The van der Waals surface area contributed by atoms with Gasteiger partial charge in [0.1, 0.15) is 0 Å². The van der Waals surface area contributed by atoms with E-state index in [4.69, 9.17) is 0 Å². The van der Waals surface area contributed by atoms with Crippen LogP contribution in [0.3, 0.4) is 0 Å². The highest BCUT2D eigenvalue weighted by Crippen LogP contribution is 2.30. The first-order chi connectivity index (χ1) is 13.3. The van der Waals surface area contributed by atoms with Gasteiger partial charge in [-0.25, -0.2) is 4.79 Å². The monoisotopic (exact) mass is 411 g/mol. The number of rotatable bonds is 4. The van der Waals surface area contributed by atoms with Gasteiger partial charge in [-0.2, -0.15) is 13.2 Å². The minimum absolute atomic E-state index is 0.222. The molecule has 9 heteroatoms. The van der Waals surface area contributed by atoms with Crippen molar-refractivity contribution in [3.05, 3.63) is 52.2 Å².